The van der Waals surface area contributed by atoms with Gasteiger partial charge >= 0.3 is 6.09 Å². The molecule has 0 bridgehead atoms. The van der Waals surface area contributed by atoms with E-state index in [9.17, 15) is 4.79 Å². The van der Waals surface area contributed by atoms with Crippen molar-refractivity contribution in [3.63, 3.8) is 0 Å². The third kappa shape index (κ3) is 8.87. The van der Waals surface area contributed by atoms with Gasteiger partial charge in [0.05, 0.1) is 56.2 Å². The number of methoxy groups -OCH3 is 1. The number of amides is 1. The molecular formula is C43H42N6O5. The average molecular weight is 723 g/mol. The number of carbonyl (C=O) groups excluding carboxylic acids is 1. The number of pyridine rings is 2. The van der Waals surface area contributed by atoms with E-state index >= 15 is 0 Å². The molecule has 0 radical (unpaired) electrons. The second-order valence-electron chi connectivity index (χ2n) is 13.4. The van der Waals surface area contributed by atoms with Gasteiger partial charge in [-0.1, -0.05) is 62.4 Å². The number of anilines is 2. The lowest BCUT2D eigenvalue weighted by molar-refractivity contribution is 0.125. The van der Waals surface area contributed by atoms with Gasteiger partial charge in [-0.25, -0.2) is 4.79 Å². The van der Waals surface area contributed by atoms with Gasteiger partial charge in [0, 0.05) is 34.6 Å². The summed E-state index contributed by atoms with van der Waals surface area (Å²) in [6, 6.07) is 31.6. The van der Waals surface area contributed by atoms with Crippen LogP contribution < -0.4 is 20.1 Å². The molecule has 0 aliphatic carbocycles. The number of aromatic nitrogens is 4. The Morgan fingerprint density at radius 3 is 2.43 bits per heavy atom. The Kier molecular flexibility index (Phi) is 11.1. The van der Waals surface area contributed by atoms with Gasteiger partial charge in [-0.2, -0.15) is 5.10 Å². The van der Waals surface area contributed by atoms with Crippen LogP contribution in [0.15, 0.2) is 133 Å². The van der Waals surface area contributed by atoms with Gasteiger partial charge in [-0.15, -0.1) is 0 Å². The predicted molar refractivity (Wildman–Crippen MR) is 209 cm³/mol. The van der Waals surface area contributed by atoms with E-state index in [1.165, 1.54) is 0 Å². The van der Waals surface area contributed by atoms with Crippen molar-refractivity contribution in [1.29, 1.82) is 0 Å². The molecule has 3 aromatic carbocycles. The SMILES string of the molecule is COc1ccc(Cn2nc(Nc3ccncc3)c3cc(-c4cc(OC[C@H](Cc5ccccc5)NC(=O)OCC(C)C)cnc4-c4ccoc4)ccc32)cc1. The molecular weight excluding hydrogens is 681 g/mol. The summed E-state index contributed by atoms with van der Waals surface area (Å²) in [5, 5.41) is 12.4. The van der Waals surface area contributed by atoms with E-state index in [2.05, 4.69) is 33.8 Å². The van der Waals surface area contributed by atoms with E-state index in [0.717, 1.165) is 55.9 Å². The van der Waals surface area contributed by atoms with E-state index in [4.69, 9.17) is 28.7 Å². The molecule has 0 aliphatic rings. The Balaban J connectivity index is 1.22. The van der Waals surface area contributed by atoms with Crippen LogP contribution >= 0.6 is 0 Å². The maximum Gasteiger partial charge on any atom is 0.407 e. The topological polar surface area (TPSA) is 126 Å². The van der Waals surface area contributed by atoms with Crippen LogP contribution in [-0.2, 0) is 17.7 Å². The number of nitrogens with one attached hydrogen (secondary N) is 2. The molecule has 1 amide bonds. The van der Waals surface area contributed by atoms with Crippen molar-refractivity contribution in [3.05, 3.63) is 139 Å². The summed E-state index contributed by atoms with van der Waals surface area (Å²) in [4.78, 5) is 21.8. The molecule has 0 fully saturated rings. The maximum atomic E-state index is 12.7. The molecule has 0 saturated heterocycles. The van der Waals surface area contributed by atoms with Crippen molar-refractivity contribution >= 4 is 28.5 Å². The fourth-order valence-electron chi connectivity index (χ4n) is 6.11. The van der Waals surface area contributed by atoms with Crippen molar-refractivity contribution in [1.82, 2.24) is 25.1 Å². The first-order chi connectivity index (χ1) is 26.4. The number of rotatable bonds is 15. The molecule has 7 rings (SSSR count). The summed E-state index contributed by atoms with van der Waals surface area (Å²) >= 11 is 0. The highest BCUT2D eigenvalue weighted by atomic mass is 16.5. The summed E-state index contributed by atoms with van der Waals surface area (Å²) in [7, 11) is 1.66. The zero-order chi connectivity index (χ0) is 37.3. The van der Waals surface area contributed by atoms with Crippen LogP contribution in [0.3, 0.4) is 0 Å². The van der Waals surface area contributed by atoms with Crippen LogP contribution in [0.5, 0.6) is 11.5 Å². The number of hydrogen-bond donors (Lipinski definition) is 2. The monoisotopic (exact) mass is 722 g/mol. The normalized spacial score (nSPS) is 11.7. The Morgan fingerprint density at radius 1 is 0.870 bits per heavy atom. The number of nitrogens with zero attached hydrogens (tertiary/aromatic N) is 4. The van der Waals surface area contributed by atoms with Crippen molar-refractivity contribution in [2.75, 3.05) is 25.6 Å². The summed E-state index contributed by atoms with van der Waals surface area (Å²) in [6.45, 7) is 5.10. The average Bonchev–Trinajstić information content (AvgIpc) is 3.86. The molecule has 2 N–H and O–H groups in total. The van der Waals surface area contributed by atoms with Crippen LogP contribution in [-0.4, -0.2) is 52.2 Å². The number of carbonyl (C=O) groups is 1. The molecule has 4 aromatic heterocycles. The highest BCUT2D eigenvalue weighted by molar-refractivity contribution is 5.96. The Hall–Kier alpha value is -6.62. The van der Waals surface area contributed by atoms with Gasteiger partial charge in [0.2, 0.25) is 0 Å². The predicted octanol–water partition coefficient (Wildman–Crippen LogP) is 8.93. The van der Waals surface area contributed by atoms with E-state index in [1.54, 1.807) is 38.2 Å². The minimum absolute atomic E-state index is 0.203. The quantitative estimate of drug-likeness (QED) is 0.107. The molecule has 54 heavy (non-hydrogen) atoms. The Bertz CT molecular complexity index is 2270. The third-order valence-electron chi connectivity index (χ3n) is 8.80. The third-order valence-corrected chi connectivity index (χ3v) is 8.80. The van der Waals surface area contributed by atoms with Crippen LogP contribution in [0.25, 0.3) is 33.3 Å². The first-order valence-corrected chi connectivity index (χ1v) is 17.9. The van der Waals surface area contributed by atoms with Crippen molar-refractivity contribution < 1.29 is 23.4 Å². The smallest absolute Gasteiger partial charge is 0.407 e. The molecule has 7 aromatic rings. The van der Waals surface area contributed by atoms with Crippen molar-refractivity contribution in [2.45, 2.75) is 32.9 Å². The van der Waals surface area contributed by atoms with Gasteiger partial charge in [0.15, 0.2) is 5.82 Å². The highest BCUT2D eigenvalue weighted by Gasteiger charge is 2.19. The van der Waals surface area contributed by atoms with E-state index in [-0.39, 0.29) is 18.6 Å². The molecule has 11 heteroatoms. The first kappa shape index (κ1) is 35.8. The molecule has 0 aliphatic heterocycles. The second-order valence-corrected chi connectivity index (χ2v) is 13.4. The van der Waals surface area contributed by atoms with Crippen LogP contribution in [0.2, 0.25) is 0 Å². The largest absolute Gasteiger partial charge is 0.497 e. The lowest BCUT2D eigenvalue weighted by Gasteiger charge is -2.20. The molecule has 0 spiro atoms. The van der Waals surface area contributed by atoms with Gasteiger partial charge in [-0.3, -0.25) is 14.6 Å². The van der Waals surface area contributed by atoms with Crippen LogP contribution in [0.4, 0.5) is 16.3 Å². The Morgan fingerprint density at radius 2 is 1.69 bits per heavy atom. The van der Waals surface area contributed by atoms with Gasteiger partial charge in [0.1, 0.15) is 18.1 Å². The molecule has 11 nitrogen and oxygen atoms in total. The van der Waals surface area contributed by atoms with E-state index in [0.29, 0.717) is 31.1 Å². The molecule has 4 heterocycles. The highest BCUT2D eigenvalue weighted by Crippen LogP contribution is 2.37. The minimum atomic E-state index is -0.473. The molecule has 0 unspecified atom stereocenters. The number of ether oxygens (including phenoxy) is 3. The summed E-state index contributed by atoms with van der Waals surface area (Å²) < 4.78 is 24.6. The maximum absolute atomic E-state index is 12.7. The van der Waals surface area contributed by atoms with Crippen molar-refractivity contribution in [2.24, 2.45) is 5.92 Å². The lowest BCUT2D eigenvalue weighted by Crippen LogP contribution is -2.41. The van der Waals surface area contributed by atoms with Gasteiger partial charge in [-0.05, 0) is 77.6 Å². The molecule has 0 saturated carbocycles. The van der Waals surface area contributed by atoms with Gasteiger partial charge in [0.25, 0.3) is 0 Å². The number of furan rings is 1. The second kappa shape index (κ2) is 16.8. The van der Waals surface area contributed by atoms with E-state index < -0.39 is 6.09 Å². The fourth-order valence-corrected chi connectivity index (χ4v) is 6.11. The van der Waals surface area contributed by atoms with Crippen molar-refractivity contribution in [3.8, 4) is 33.9 Å². The van der Waals surface area contributed by atoms with Crippen LogP contribution in [0, 0.1) is 5.92 Å². The minimum Gasteiger partial charge on any atom is -0.497 e. The zero-order valence-electron chi connectivity index (χ0n) is 30.4. The first-order valence-electron chi connectivity index (χ1n) is 17.9. The number of hydrogen-bond acceptors (Lipinski definition) is 9. The number of alkyl carbamates (subject to hydrolysis) is 1. The molecule has 1 atom stereocenters. The standard InChI is InChI=1S/C43H42N6O5/c1-29(2)26-54-43(50)47-35(21-30-7-5-4-6-8-30)28-53-37-23-38(41(45-24-37)33-17-20-52-27-33)32-11-14-40-39(22-32)42(46-34-15-18-44-19-16-34)48-49(40)25-31-9-12-36(51-3)13-10-31/h4-20,22-24,27,29,35H,21,25-26,28H2,1-3H3,(H,47,50)(H,44,46,48)/t35-/m0/s1. The van der Waals surface area contributed by atoms with E-state index in [1.807, 2.05) is 97.4 Å². The van der Waals surface area contributed by atoms with Gasteiger partial charge < -0.3 is 29.3 Å². The lowest BCUT2D eigenvalue weighted by atomic mass is 9.99. The fraction of sp³-hybridized carbons (Fsp3) is 0.209. The Labute approximate surface area is 313 Å². The molecule has 274 valence electrons. The number of benzene rings is 3. The van der Waals surface area contributed by atoms with Crippen LogP contribution in [0.1, 0.15) is 25.0 Å². The summed E-state index contributed by atoms with van der Waals surface area (Å²) in [5.41, 5.74) is 7.31. The number of fused-ring (bicyclic) bond motifs is 1. The summed E-state index contributed by atoms with van der Waals surface area (Å²) in [5.74, 6) is 2.28. The summed E-state index contributed by atoms with van der Waals surface area (Å²) in [6.07, 6.45) is 8.59. The zero-order valence-corrected chi connectivity index (χ0v) is 30.4.